The molecule has 0 bridgehead atoms. The Balaban J connectivity index is 1.69. The lowest BCUT2D eigenvalue weighted by molar-refractivity contribution is -0.142. The summed E-state index contributed by atoms with van der Waals surface area (Å²) < 4.78 is 33.5. The second-order valence-corrected chi connectivity index (χ2v) is 10.0. The Kier molecular flexibility index (Phi) is 7.57. The van der Waals surface area contributed by atoms with Crippen LogP contribution in [-0.4, -0.2) is 83.2 Å². The van der Waals surface area contributed by atoms with Crippen molar-refractivity contribution in [3.63, 3.8) is 0 Å². The van der Waals surface area contributed by atoms with Gasteiger partial charge in [-0.15, -0.1) is 0 Å². The van der Waals surface area contributed by atoms with Crippen LogP contribution in [0.3, 0.4) is 0 Å². The van der Waals surface area contributed by atoms with E-state index in [4.69, 9.17) is 4.74 Å². The lowest BCUT2D eigenvalue weighted by atomic mass is 10.1. The predicted octanol–water partition coefficient (Wildman–Crippen LogP) is 0.446. The van der Waals surface area contributed by atoms with Crippen LogP contribution in [0, 0.1) is 0 Å². The van der Waals surface area contributed by atoms with E-state index in [2.05, 4.69) is 10.4 Å². The standard InChI is InChI=1S/C21H27N5O7S/c1-24(2)21(30)33-15-8-6-14(7-9-15)11-17(20(28)29)23-19(27)18-5-4-10-26(18)34(31,32)16-12-22-25(3)13-16/h6-9,12-13,17-18H,4-5,10-11H2,1-3H3,(H,23,27)(H,28,29)/t17-,18-/m0/s1. The summed E-state index contributed by atoms with van der Waals surface area (Å²) in [6.45, 7) is 0.153. The average Bonchev–Trinajstić information content (AvgIpc) is 3.44. The number of nitrogens with one attached hydrogen (secondary N) is 1. The van der Waals surface area contributed by atoms with Crippen LogP contribution in [0.1, 0.15) is 18.4 Å². The van der Waals surface area contributed by atoms with Crippen LogP contribution in [-0.2, 0) is 33.1 Å². The number of ether oxygens (including phenoxy) is 1. The Morgan fingerprint density at radius 2 is 1.94 bits per heavy atom. The monoisotopic (exact) mass is 493 g/mol. The smallest absolute Gasteiger partial charge is 0.414 e. The minimum Gasteiger partial charge on any atom is -0.480 e. The number of benzene rings is 1. The van der Waals surface area contributed by atoms with Crippen LogP contribution >= 0.6 is 0 Å². The molecule has 2 heterocycles. The maximum Gasteiger partial charge on any atom is 0.414 e. The number of amides is 2. The van der Waals surface area contributed by atoms with Crippen LogP contribution in [0.4, 0.5) is 4.79 Å². The van der Waals surface area contributed by atoms with E-state index >= 15 is 0 Å². The van der Waals surface area contributed by atoms with Gasteiger partial charge in [0.25, 0.3) is 0 Å². The van der Waals surface area contributed by atoms with Gasteiger partial charge in [-0.3, -0.25) is 9.48 Å². The SMILES string of the molecule is CN(C)C(=O)Oc1ccc(C[C@H](NC(=O)[C@@H]2CCCN2S(=O)(=O)c2cnn(C)c2)C(=O)O)cc1. The fraction of sp³-hybridized carbons (Fsp3) is 0.429. The van der Waals surface area contributed by atoms with Gasteiger partial charge in [0.2, 0.25) is 15.9 Å². The molecule has 13 heteroatoms. The summed E-state index contributed by atoms with van der Waals surface area (Å²) in [7, 11) is 0.728. The van der Waals surface area contributed by atoms with E-state index in [-0.39, 0.29) is 24.3 Å². The third kappa shape index (κ3) is 5.72. The number of carboxylic acid groups (broad SMARTS) is 1. The van der Waals surface area contributed by atoms with E-state index in [0.29, 0.717) is 17.7 Å². The summed E-state index contributed by atoms with van der Waals surface area (Å²) in [5, 5.41) is 16.0. The van der Waals surface area contributed by atoms with Crippen molar-refractivity contribution in [1.29, 1.82) is 0 Å². The zero-order valence-corrected chi connectivity index (χ0v) is 19.9. The van der Waals surface area contributed by atoms with Crippen molar-refractivity contribution in [2.45, 2.75) is 36.2 Å². The highest BCUT2D eigenvalue weighted by molar-refractivity contribution is 7.89. The molecule has 0 saturated carbocycles. The first-order chi connectivity index (χ1) is 16.0. The highest BCUT2D eigenvalue weighted by atomic mass is 32.2. The number of aliphatic carboxylic acids is 1. The van der Waals surface area contributed by atoms with Crippen LogP contribution in [0.25, 0.3) is 0 Å². The maximum atomic E-state index is 13.0. The van der Waals surface area contributed by atoms with Crippen LogP contribution in [0.5, 0.6) is 5.75 Å². The summed E-state index contributed by atoms with van der Waals surface area (Å²) in [6.07, 6.45) is 2.73. The number of aryl methyl sites for hydroxylation is 1. The molecule has 0 unspecified atom stereocenters. The number of rotatable bonds is 8. The molecule has 0 aliphatic carbocycles. The van der Waals surface area contributed by atoms with Crippen molar-refractivity contribution in [2.75, 3.05) is 20.6 Å². The van der Waals surface area contributed by atoms with E-state index in [1.165, 1.54) is 34.1 Å². The van der Waals surface area contributed by atoms with Gasteiger partial charge in [-0.2, -0.15) is 9.40 Å². The maximum absolute atomic E-state index is 13.0. The predicted molar refractivity (Wildman–Crippen MR) is 120 cm³/mol. The molecular weight excluding hydrogens is 466 g/mol. The Labute approximate surface area is 197 Å². The van der Waals surface area contributed by atoms with Gasteiger partial charge >= 0.3 is 12.1 Å². The zero-order chi connectivity index (χ0) is 25.0. The quantitative estimate of drug-likeness (QED) is 0.538. The highest BCUT2D eigenvalue weighted by Crippen LogP contribution is 2.26. The molecule has 2 aromatic rings. The molecule has 1 saturated heterocycles. The largest absolute Gasteiger partial charge is 0.480 e. The summed E-state index contributed by atoms with van der Waals surface area (Å²) >= 11 is 0. The Hall–Kier alpha value is -3.45. The van der Waals surface area contributed by atoms with Gasteiger partial charge in [-0.1, -0.05) is 12.1 Å². The second-order valence-electron chi connectivity index (χ2n) is 8.13. The first-order valence-electron chi connectivity index (χ1n) is 10.5. The number of carbonyl (C=O) groups excluding carboxylic acids is 2. The zero-order valence-electron chi connectivity index (χ0n) is 19.0. The van der Waals surface area contributed by atoms with Gasteiger partial charge in [-0.25, -0.2) is 18.0 Å². The number of hydrogen-bond acceptors (Lipinski definition) is 7. The van der Waals surface area contributed by atoms with Crippen LogP contribution < -0.4 is 10.1 Å². The van der Waals surface area contributed by atoms with Crippen molar-refractivity contribution in [2.24, 2.45) is 7.05 Å². The summed E-state index contributed by atoms with van der Waals surface area (Å²) in [5.41, 5.74) is 0.587. The fourth-order valence-corrected chi connectivity index (χ4v) is 5.19. The van der Waals surface area contributed by atoms with Gasteiger partial charge in [0.1, 0.15) is 22.7 Å². The van der Waals surface area contributed by atoms with Gasteiger partial charge in [0.15, 0.2) is 0 Å². The molecule has 1 aliphatic heterocycles. The van der Waals surface area contributed by atoms with Gasteiger partial charge < -0.3 is 20.1 Å². The molecule has 1 aliphatic rings. The van der Waals surface area contributed by atoms with Gasteiger partial charge in [-0.05, 0) is 30.5 Å². The molecule has 3 rings (SSSR count). The highest BCUT2D eigenvalue weighted by Gasteiger charge is 2.41. The van der Waals surface area contributed by atoms with Crippen LogP contribution in [0.15, 0.2) is 41.6 Å². The number of hydrogen-bond donors (Lipinski definition) is 2. The van der Waals surface area contributed by atoms with E-state index in [1.54, 1.807) is 33.3 Å². The molecule has 1 fully saturated rings. The lowest BCUT2D eigenvalue weighted by Gasteiger charge is -2.24. The molecule has 2 N–H and O–H groups in total. The normalized spacial score (nSPS) is 17.2. The molecule has 0 radical (unpaired) electrons. The van der Waals surface area contributed by atoms with Crippen LogP contribution in [0.2, 0.25) is 0 Å². The first-order valence-corrected chi connectivity index (χ1v) is 11.9. The third-order valence-corrected chi connectivity index (χ3v) is 7.20. The number of sulfonamides is 1. The average molecular weight is 494 g/mol. The molecule has 184 valence electrons. The topological polar surface area (TPSA) is 151 Å². The van der Waals surface area contributed by atoms with E-state index in [9.17, 15) is 27.9 Å². The van der Waals surface area contributed by atoms with Crippen molar-refractivity contribution < 1.29 is 32.6 Å². The van der Waals surface area contributed by atoms with Gasteiger partial charge in [0.05, 0.1) is 6.20 Å². The first kappa shape index (κ1) is 25.2. The third-order valence-electron chi connectivity index (χ3n) is 5.34. The number of carboxylic acids is 1. The van der Waals surface area contributed by atoms with Crippen molar-refractivity contribution in [3.8, 4) is 5.75 Å². The molecule has 12 nitrogen and oxygen atoms in total. The molecule has 34 heavy (non-hydrogen) atoms. The van der Waals surface area contributed by atoms with E-state index in [0.717, 1.165) is 4.31 Å². The number of aromatic nitrogens is 2. The Morgan fingerprint density at radius 1 is 1.26 bits per heavy atom. The molecule has 2 amide bonds. The second kappa shape index (κ2) is 10.2. The fourth-order valence-electron chi connectivity index (χ4n) is 3.55. The van der Waals surface area contributed by atoms with Gasteiger partial charge in [0, 0.05) is 40.3 Å². The summed E-state index contributed by atoms with van der Waals surface area (Å²) in [5.74, 6) is -1.63. The van der Waals surface area contributed by atoms with E-state index in [1.807, 2.05) is 0 Å². The molecule has 1 aromatic heterocycles. The summed E-state index contributed by atoms with van der Waals surface area (Å²) in [6, 6.07) is 3.95. The molecule has 1 aromatic carbocycles. The molecule has 2 atom stereocenters. The molecule has 0 spiro atoms. The van der Waals surface area contributed by atoms with Crippen molar-refractivity contribution >= 4 is 28.0 Å². The lowest BCUT2D eigenvalue weighted by Crippen LogP contribution is -2.51. The van der Waals surface area contributed by atoms with Crippen molar-refractivity contribution in [1.82, 2.24) is 24.3 Å². The number of carbonyl (C=O) groups is 3. The van der Waals surface area contributed by atoms with E-state index < -0.39 is 40.1 Å². The molecular formula is C21H27N5O7S. The minimum absolute atomic E-state index is 0.0282. The number of nitrogens with zero attached hydrogens (tertiary/aromatic N) is 4. The Bertz CT molecular complexity index is 1160. The Morgan fingerprint density at radius 3 is 2.50 bits per heavy atom. The summed E-state index contributed by atoms with van der Waals surface area (Å²) in [4.78, 5) is 37.6. The van der Waals surface area contributed by atoms with Crippen molar-refractivity contribution in [3.05, 3.63) is 42.2 Å². The minimum atomic E-state index is -3.95.